The van der Waals surface area contributed by atoms with Gasteiger partial charge in [0, 0.05) is 19.6 Å². The summed E-state index contributed by atoms with van der Waals surface area (Å²) in [7, 11) is -0.203. The van der Waals surface area contributed by atoms with Crippen LogP contribution >= 0.6 is 0 Å². The van der Waals surface area contributed by atoms with Gasteiger partial charge in [0.2, 0.25) is 10.0 Å². The lowest BCUT2D eigenvalue weighted by atomic mass is 10.0. The van der Waals surface area contributed by atoms with E-state index in [1.165, 1.54) is 4.31 Å². The average molecular weight is 449 g/mol. The molecule has 1 heterocycles. The van der Waals surface area contributed by atoms with E-state index in [1.807, 2.05) is 18.2 Å². The monoisotopic (exact) mass is 448 g/mol. The van der Waals surface area contributed by atoms with Crippen molar-refractivity contribution in [2.24, 2.45) is 0 Å². The van der Waals surface area contributed by atoms with Crippen molar-refractivity contribution >= 4 is 15.9 Å². The second kappa shape index (κ2) is 10.5. The van der Waals surface area contributed by atoms with Crippen LogP contribution in [-0.4, -0.2) is 58.3 Å². The van der Waals surface area contributed by atoms with Crippen LogP contribution in [0, 0.1) is 0 Å². The molecule has 8 nitrogen and oxygen atoms in total. The maximum atomic E-state index is 12.7. The zero-order chi connectivity index (χ0) is 22.3. The van der Waals surface area contributed by atoms with E-state index in [-0.39, 0.29) is 24.8 Å². The van der Waals surface area contributed by atoms with Gasteiger partial charge in [-0.3, -0.25) is 4.79 Å². The summed E-state index contributed by atoms with van der Waals surface area (Å²) in [6.45, 7) is 0.950. The van der Waals surface area contributed by atoms with Gasteiger partial charge < -0.3 is 19.5 Å². The Morgan fingerprint density at radius 2 is 1.68 bits per heavy atom. The van der Waals surface area contributed by atoms with Crippen LogP contribution in [0.25, 0.3) is 0 Å². The van der Waals surface area contributed by atoms with Crippen LogP contribution in [0.3, 0.4) is 0 Å². The summed E-state index contributed by atoms with van der Waals surface area (Å²) in [6.07, 6.45) is 0.994. The van der Waals surface area contributed by atoms with E-state index in [0.29, 0.717) is 37.4 Å². The Morgan fingerprint density at radius 3 is 2.39 bits per heavy atom. The van der Waals surface area contributed by atoms with Crippen molar-refractivity contribution in [2.75, 3.05) is 39.7 Å². The van der Waals surface area contributed by atoms with Gasteiger partial charge in [-0.15, -0.1) is 0 Å². The van der Waals surface area contributed by atoms with Crippen LogP contribution in [0.5, 0.6) is 17.2 Å². The standard InChI is InChI=1S/C22H28N2O6S/c1-28-19-6-8-20(9-7-19)30-16-22(25)23-11-3-13-31(26,27)24-12-10-17-14-21(29-2)5-4-18(17)15-24/h4-9,14H,3,10-13,15-16H2,1-2H3,(H,23,25). The number of hydrogen-bond donors (Lipinski definition) is 1. The lowest BCUT2D eigenvalue weighted by Gasteiger charge is -2.28. The first kappa shape index (κ1) is 22.9. The third-order valence-corrected chi connectivity index (χ3v) is 7.02. The number of nitrogens with zero attached hydrogens (tertiary/aromatic N) is 1. The Morgan fingerprint density at radius 1 is 1.00 bits per heavy atom. The second-order valence-electron chi connectivity index (χ2n) is 7.20. The van der Waals surface area contributed by atoms with Crippen molar-refractivity contribution in [3.8, 4) is 17.2 Å². The van der Waals surface area contributed by atoms with Crippen molar-refractivity contribution < 1.29 is 27.4 Å². The first-order valence-electron chi connectivity index (χ1n) is 10.1. The number of methoxy groups -OCH3 is 2. The van der Waals surface area contributed by atoms with E-state index in [2.05, 4.69) is 5.32 Å². The summed E-state index contributed by atoms with van der Waals surface area (Å²) in [4.78, 5) is 11.9. The molecular weight excluding hydrogens is 420 g/mol. The molecule has 3 rings (SSSR count). The second-order valence-corrected chi connectivity index (χ2v) is 9.29. The zero-order valence-corrected chi connectivity index (χ0v) is 18.6. The highest BCUT2D eigenvalue weighted by Crippen LogP contribution is 2.25. The molecule has 1 N–H and O–H groups in total. The van der Waals surface area contributed by atoms with Crippen molar-refractivity contribution in [1.82, 2.24) is 9.62 Å². The summed E-state index contributed by atoms with van der Waals surface area (Å²) < 4.78 is 42.6. The van der Waals surface area contributed by atoms with E-state index in [4.69, 9.17) is 14.2 Å². The lowest BCUT2D eigenvalue weighted by Crippen LogP contribution is -2.38. The van der Waals surface area contributed by atoms with Gasteiger partial charge >= 0.3 is 0 Å². The minimum absolute atomic E-state index is 0.0158. The fourth-order valence-electron chi connectivity index (χ4n) is 3.35. The molecule has 31 heavy (non-hydrogen) atoms. The van der Waals surface area contributed by atoms with Crippen LogP contribution in [0.15, 0.2) is 42.5 Å². The molecule has 0 aliphatic carbocycles. The first-order valence-corrected chi connectivity index (χ1v) is 11.7. The summed E-state index contributed by atoms with van der Waals surface area (Å²) in [6, 6.07) is 12.6. The number of ether oxygens (including phenoxy) is 3. The molecule has 0 spiro atoms. The Labute approximate surface area is 183 Å². The highest BCUT2D eigenvalue weighted by atomic mass is 32.2. The number of carbonyl (C=O) groups is 1. The van der Waals surface area contributed by atoms with Crippen molar-refractivity contribution in [3.63, 3.8) is 0 Å². The molecule has 2 aromatic rings. The van der Waals surface area contributed by atoms with Gasteiger partial charge in [-0.2, -0.15) is 4.31 Å². The zero-order valence-electron chi connectivity index (χ0n) is 17.8. The summed E-state index contributed by atoms with van der Waals surface area (Å²) in [5.74, 6) is 1.73. The molecule has 168 valence electrons. The molecule has 2 aromatic carbocycles. The molecular formula is C22H28N2O6S. The van der Waals surface area contributed by atoms with Crippen molar-refractivity contribution in [1.29, 1.82) is 0 Å². The quantitative estimate of drug-likeness (QED) is 0.559. The number of hydrogen-bond acceptors (Lipinski definition) is 6. The average Bonchev–Trinajstić information content (AvgIpc) is 2.80. The van der Waals surface area contributed by atoms with Gasteiger partial charge in [0.1, 0.15) is 17.2 Å². The van der Waals surface area contributed by atoms with Crippen LogP contribution in [0.4, 0.5) is 0 Å². The van der Waals surface area contributed by atoms with E-state index >= 15 is 0 Å². The van der Waals surface area contributed by atoms with E-state index in [1.54, 1.807) is 38.5 Å². The number of nitrogens with one attached hydrogen (secondary N) is 1. The van der Waals surface area contributed by atoms with Gasteiger partial charge in [-0.05, 0) is 60.4 Å². The van der Waals surface area contributed by atoms with Crippen molar-refractivity contribution in [2.45, 2.75) is 19.4 Å². The fraction of sp³-hybridized carbons (Fsp3) is 0.409. The highest BCUT2D eigenvalue weighted by Gasteiger charge is 2.26. The summed E-state index contributed by atoms with van der Waals surface area (Å²) in [5.41, 5.74) is 2.12. The maximum absolute atomic E-state index is 12.7. The maximum Gasteiger partial charge on any atom is 0.257 e. The number of benzene rings is 2. The molecule has 0 atom stereocenters. The number of fused-ring (bicyclic) bond motifs is 1. The SMILES string of the molecule is COc1ccc(OCC(=O)NCCCS(=O)(=O)N2CCc3cc(OC)ccc3C2)cc1. The van der Waals surface area contributed by atoms with Crippen LogP contribution < -0.4 is 19.5 Å². The van der Waals surface area contributed by atoms with E-state index in [9.17, 15) is 13.2 Å². The van der Waals surface area contributed by atoms with Crippen LogP contribution in [0.2, 0.25) is 0 Å². The van der Waals surface area contributed by atoms with Crippen molar-refractivity contribution in [3.05, 3.63) is 53.6 Å². The minimum atomic E-state index is -3.39. The topological polar surface area (TPSA) is 94.2 Å². The third kappa shape index (κ3) is 6.35. The Hall–Kier alpha value is -2.78. The van der Waals surface area contributed by atoms with Gasteiger partial charge in [0.15, 0.2) is 6.61 Å². The van der Waals surface area contributed by atoms with E-state index in [0.717, 1.165) is 16.9 Å². The molecule has 1 aliphatic heterocycles. The molecule has 0 radical (unpaired) electrons. The van der Waals surface area contributed by atoms with Gasteiger partial charge in [0.25, 0.3) is 5.91 Å². The molecule has 0 fully saturated rings. The Bertz CT molecular complexity index is 992. The molecule has 1 aliphatic rings. The molecule has 0 unspecified atom stereocenters. The molecule has 0 saturated heterocycles. The lowest BCUT2D eigenvalue weighted by molar-refractivity contribution is -0.123. The predicted octanol–water partition coefficient (Wildman–Crippen LogP) is 1.98. The number of sulfonamides is 1. The Kier molecular flexibility index (Phi) is 7.75. The fourth-order valence-corrected chi connectivity index (χ4v) is 4.82. The normalized spacial score (nSPS) is 13.9. The molecule has 0 aromatic heterocycles. The van der Waals surface area contributed by atoms with Gasteiger partial charge in [0.05, 0.1) is 20.0 Å². The molecule has 0 saturated carbocycles. The molecule has 1 amide bonds. The number of rotatable bonds is 10. The number of carbonyl (C=O) groups excluding carboxylic acids is 1. The molecule has 9 heteroatoms. The largest absolute Gasteiger partial charge is 0.497 e. The van der Waals surface area contributed by atoms with Crippen LogP contribution in [-0.2, 0) is 27.8 Å². The summed E-state index contributed by atoms with van der Waals surface area (Å²) in [5, 5.41) is 2.69. The van der Waals surface area contributed by atoms with Gasteiger partial charge in [-0.25, -0.2) is 8.42 Å². The Balaban J connectivity index is 1.39. The number of amides is 1. The third-order valence-electron chi connectivity index (χ3n) is 5.11. The van der Waals surface area contributed by atoms with E-state index < -0.39 is 10.0 Å². The predicted molar refractivity (Wildman–Crippen MR) is 117 cm³/mol. The first-order chi connectivity index (χ1) is 14.9. The highest BCUT2D eigenvalue weighted by molar-refractivity contribution is 7.89. The minimum Gasteiger partial charge on any atom is -0.497 e. The molecule has 0 bridgehead atoms. The smallest absolute Gasteiger partial charge is 0.257 e. The van der Waals surface area contributed by atoms with Crippen LogP contribution in [0.1, 0.15) is 17.5 Å². The summed E-state index contributed by atoms with van der Waals surface area (Å²) >= 11 is 0. The van der Waals surface area contributed by atoms with Gasteiger partial charge in [-0.1, -0.05) is 6.07 Å².